The lowest BCUT2D eigenvalue weighted by atomic mass is 10.3. The average Bonchev–Trinajstić information content (AvgIpc) is 3.04. The molecule has 8 heteroatoms. The molecule has 2 aromatic rings. The van der Waals surface area contributed by atoms with E-state index in [4.69, 9.17) is 0 Å². The van der Waals surface area contributed by atoms with E-state index in [2.05, 4.69) is 9.47 Å². The highest BCUT2D eigenvalue weighted by atomic mass is 32.2. The highest BCUT2D eigenvalue weighted by Crippen LogP contribution is 2.33. The highest BCUT2D eigenvalue weighted by molar-refractivity contribution is 8.01. The first-order valence-electron chi connectivity index (χ1n) is 5.88. The SMILES string of the molecule is CSc1nsc(SC)c1C(=O)N(C)Cc1ccnn1C. The van der Waals surface area contributed by atoms with Gasteiger partial charge in [0.2, 0.25) is 0 Å². The molecule has 5 nitrogen and oxygen atoms in total. The van der Waals surface area contributed by atoms with Crippen LogP contribution in [-0.2, 0) is 13.6 Å². The van der Waals surface area contributed by atoms with Crippen LogP contribution in [-0.4, -0.2) is 44.5 Å². The fourth-order valence-electron chi connectivity index (χ4n) is 1.78. The molecule has 0 atom stereocenters. The van der Waals surface area contributed by atoms with Gasteiger partial charge in [0.05, 0.1) is 22.0 Å². The van der Waals surface area contributed by atoms with Crippen LogP contribution in [0.25, 0.3) is 0 Å². The lowest BCUT2D eigenvalue weighted by Gasteiger charge is -2.17. The van der Waals surface area contributed by atoms with Crippen LogP contribution >= 0.6 is 35.1 Å². The number of thioether (sulfide) groups is 2. The van der Waals surface area contributed by atoms with Crippen molar-refractivity contribution in [2.24, 2.45) is 7.05 Å². The van der Waals surface area contributed by atoms with Crippen LogP contribution < -0.4 is 0 Å². The smallest absolute Gasteiger partial charge is 0.258 e. The van der Waals surface area contributed by atoms with Crippen LogP contribution in [0.5, 0.6) is 0 Å². The zero-order valence-electron chi connectivity index (χ0n) is 11.8. The molecule has 0 N–H and O–H groups in total. The fourth-order valence-corrected chi connectivity index (χ4v) is 4.04. The average molecular weight is 328 g/mol. The predicted molar refractivity (Wildman–Crippen MR) is 84.7 cm³/mol. The Labute approximate surface area is 130 Å². The summed E-state index contributed by atoms with van der Waals surface area (Å²) in [5.74, 6) is 0.00801. The molecule has 0 spiro atoms. The number of rotatable bonds is 5. The fraction of sp³-hybridized carbons (Fsp3) is 0.417. The van der Waals surface area contributed by atoms with Crippen LogP contribution in [0.4, 0.5) is 0 Å². The van der Waals surface area contributed by atoms with Crippen molar-refractivity contribution in [3.63, 3.8) is 0 Å². The largest absolute Gasteiger partial charge is 0.336 e. The lowest BCUT2D eigenvalue weighted by Crippen LogP contribution is -2.27. The number of aryl methyl sites for hydroxylation is 1. The Balaban J connectivity index is 2.22. The van der Waals surface area contributed by atoms with E-state index in [1.807, 2.05) is 25.6 Å². The zero-order valence-corrected chi connectivity index (χ0v) is 14.2. The van der Waals surface area contributed by atoms with Gasteiger partial charge in [-0.25, -0.2) is 0 Å². The Morgan fingerprint density at radius 1 is 1.45 bits per heavy atom. The molecule has 0 radical (unpaired) electrons. The molecule has 108 valence electrons. The molecule has 0 aliphatic rings. The maximum atomic E-state index is 12.6. The van der Waals surface area contributed by atoms with Crippen molar-refractivity contribution in [3.8, 4) is 0 Å². The van der Waals surface area contributed by atoms with Crippen LogP contribution in [0.15, 0.2) is 21.5 Å². The standard InChI is InChI=1S/C12H16N4OS3/c1-15(7-8-5-6-13-16(8)2)11(17)9-10(18-3)14-20-12(9)19-4/h5-6H,7H2,1-4H3. The number of nitrogens with zero attached hydrogens (tertiary/aromatic N) is 4. The van der Waals surface area contributed by atoms with E-state index in [0.29, 0.717) is 6.54 Å². The Kier molecular flexibility index (Phi) is 5.11. The number of aromatic nitrogens is 3. The Morgan fingerprint density at radius 3 is 2.75 bits per heavy atom. The van der Waals surface area contributed by atoms with Crippen molar-refractivity contribution in [1.82, 2.24) is 19.1 Å². The van der Waals surface area contributed by atoms with Crippen molar-refractivity contribution < 1.29 is 4.79 Å². The molecule has 2 aromatic heterocycles. The molecule has 0 saturated carbocycles. The van der Waals surface area contributed by atoms with E-state index in [-0.39, 0.29) is 5.91 Å². The summed E-state index contributed by atoms with van der Waals surface area (Å²) < 4.78 is 7.09. The van der Waals surface area contributed by atoms with Gasteiger partial charge in [-0.3, -0.25) is 9.48 Å². The van der Waals surface area contributed by atoms with Crippen molar-refractivity contribution in [3.05, 3.63) is 23.5 Å². The normalized spacial score (nSPS) is 10.8. The number of carbonyl (C=O) groups excluding carboxylic acids is 1. The van der Waals surface area contributed by atoms with Gasteiger partial charge in [0.15, 0.2) is 0 Å². The van der Waals surface area contributed by atoms with E-state index in [1.54, 1.807) is 34.6 Å². The molecule has 0 saturated heterocycles. The molecule has 0 aliphatic heterocycles. The number of hydrogen-bond donors (Lipinski definition) is 0. The quantitative estimate of drug-likeness (QED) is 0.790. The molecule has 0 unspecified atom stereocenters. The summed E-state index contributed by atoms with van der Waals surface area (Å²) >= 11 is 4.46. The Bertz CT molecular complexity index is 586. The van der Waals surface area contributed by atoms with E-state index >= 15 is 0 Å². The van der Waals surface area contributed by atoms with Gasteiger partial charge in [-0.1, -0.05) is 0 Å². The van der Waals surface area contributed by atoms with E-state index in [1.165, 1.54) is 23.3 Å². The lowest BCUT2D eigenvalue weighted by molar-refractivity contribution is 0.0775. The highest BCUT2D eigenvalue weighted by Gasteiger charge is 2.23. The van der Waals surface area contributed by atoms with Crippen LogP contribution in [0.2, 0.25) is 0 Å². The molecule has 2 rings (SSSR count). The third-order valence-electron chi connectivity index (χ3n) is 2.89. The monoisotopic (exact) mass is 328 g/mol. The van der Waals surface area contributed by atoms with Gasteiger partial charge in [0, 0.05) is 20.3 Å². The maximum absolute atomic E-state index is 12.6. The van der Waals surface area contributed by atoms with Crippen molar-refractivity contribution in [2.75, 3.05) is 19.6 Å². The number of hydrogen-bond acceptors (Lipinski definition) is 6. The Morgan fingerprint density at radius 2 is 2.20 bits per heavy atom. The van der Waals surface area contributed by atoms with Gasteiger partial charge in [-0.05, 0) is 30.1 Å². The number of carbonyl (C=O) groups is 1. The van der Waals surface area contributed by atoms with E-state index in [0.717, 1.165) is 20.5 Å². The Hall–Kier alpha value is -0.990. The summed E-state index contributed by atoms with van der Waals surface area (Å²) in [4.78, 5) is 14.3. The maximum Gasteiger partial charge on any atom is 0.258 e. The predicted octanol–water partition coefficient (Wildman–Crippen LogP) is 2.59. The molecule has 2 heterocycles. The minimum atomic E-state index is 0.00801. The summed E-state index contributed by atoms with van der Waals surface area (Å²) in [6.07, 6.45) is 5.65. The molecule has 0 fully saturated rings. The van der Waals surface area contributed by atoms with E-state index < -0.39 is 0 Å². The third kappa shape index (κ3) is 3.02. The first kappa shape index (κ1) is 15.4. The van der Waals surface area contributed by atoms with Crippen LogP contribution in [0.1, 0.15) is 16.1 Å². The third-order valence-corrected chi connectivity index (χ3v) is 5.63. The van der Waals surface area contributed by atoms with Crippen LogP contribution in [0, 0.1) is 0 Å². The molecule has 20 heavy (non-hydrogen) atoms. The van der Waals surface area contributed by atoms with Gasteiger partial charge >= 0.3 is 0 Å². The van der Waals surface area contributed by atoms with E-state index in [9.17, 15) is 4.79 Å². The summed E-state index contributed by atoms with van der Waals surface area (Å²) in [6, 6.07) is 1.92. The molecule has 1 amide bonds. The van der Waals surface area contributed by atoms with Crippen molar-refractivity contribution in [2.45, 2.75) is 15.8 Å². The van der Waals surface area contributed by atoms with Gasteiger partial charge in [0.25, 0.3) is 5.91 Å². The zero-order chi connectivity index (χ0) is 14.7. The second kappa shape index (κ2) is 6.64. The van der Waals surface area contributed by atoms with Crippen molar-refractivity contribution in [1.29, 1.82) is 0 Å². The topological polar surface area (TPSA) is 51.0 Å². The van der Waals surface area contributed by atoms with Gasteiger partial charge < -0.3 is 4.90 Å². The molecule has 0 aliphatic carbocycles. The summed E-state index contributed by atoms with van der Waals surface area (Å²) in [5.41, 5.74) is 1.72. The first-order valence-corrected chi connectivity index (χ1v) is 9.10. The van der Waals surface area contributed by atoms with Crippen LogP contribution in [0.3, 0.4) is 0 Å². The van der Waals surface area contributed by atoms with Gasteiger partial charge in [-0.2, -0.15) is 9.47 Å². The molecule has 0 bridgehead atoms. The molecular weight excluding hydrogens is 312 g/mol. The molecular formula is C12H16N4OS3. The summed E-state index contributed by atoms with van der Waals surface area (Å²) in [6.45, 7) is 0.535. The minimum absolute atomic E-state index is 0.00801. The van der Waals surface area contributed by atoms with Crippen molar-refractivity contribution >= 4 is 41.0 Å². The van der Waals surface area contributed by atoms with Gasteiger partial charge in [-0.15, -0.1) is 23.5 Å². The summed E-state index contributed by atoms with van der Waals surface area (Å²) in [7, 11) is 3.68. The first-order chi connectivity index (χ1) is 9.58. The second-order valence-electron chi connectivity index (χ2n) is 4.17. The summed E-state index contributed by atoms with van der Waals surface area (Å²) in [5, 5.41) is 4.93. The van der Waals surface area contributed by atoms with Gasteiger partial charge in [0.1, 0.15) is 5.03 Å². The number of amides is 1. The second-order valence-corrected chi connectivity index (χ2v) is 6.81. The molecule has 0 aromatic carbocycles. The minimum Gasteiger partial charge on any atom is -0.336 e.